The van der Waals surface area contributed by atoms with E-state index in [4.69, 9.17) is 15.2 Å². The molecule has 20 heavy (non-hydrogen) atoms. The number of unbranched alkanes of at least 4 members (excludes halogenated alkanes) is 5. The lowest BCUT2D eigenvalue weighted by molar-refractivity contribution is 0.117. The van der Waals surface area contributed by atoms with Gasteiger partial charge in [0.05, 0.1) is 19.8 Å². The Bertz CT molecular complexity index is 337. The van der Waals surface area contributed by atoms with E-state index < -0.39 is 0 Å². The van der Waals surface area contributed by atoms with Crippen LogP contribution in [-0.4, -0.2) is 20.3 Å². The van der Waals surface area contributed by atoms with Crippen LogP contribution in [0.1, 0.15) is 57.1 Å². The predicted octanol–water partition coefficient (Wildman–Crippen LogP) is 4.07. The van der Waals surface area contributed by atoms with Crippen LogP contribution in [0.25, 0.3) is 0 Å². The van der Waals surface area contributed by atoms with Crippen LogP contribution in [0.5, 0.6) is 5.75 Å². The Kier molecular flexibility index (Phi) is 9.09. The highest BCUT2D eigenvalue weighted by Gasteiger charge is 2.06. The first-order chi connectivity index (χ1) is 9.77. The molecule has 0 heterocycles. The molecule has 0 aromatic heterocycles. The molecule has 2 N–H and O–H groups in total. The number of nitrogens with two attached hydrogens (primary N) is 1. The molecule has 0 saturated carbocycles. The minimum absolute atomic E-state index is 0.0546. The van der Waals surface area contributed by atoms with E-state index in [1.165, 1.54) is 32.1 Å². The van der Waals surface area contributed by atoms with Gasteiger partial charge >= 0.3 is 0 Å². The summed E-state index contributed by atoms with van der Waals surface area (Å²) in [5.74, 6) is 0.856. The van der Waals surface area contributed by atoms with Gasteiger partial charge in [-0.2, -0.15) is 0 Å². The zero-order valence-corrected chi connectivity index (χ0v) is 12.9. The van der Waals surface area contributed by atoms with E-state index in [2.05, 4.69) is 6.92 Å². The molecule has 0 aliphatic rings. The summed E-state index contributed by atoms with van der Waals surface area (Å²) >= 11 is 0. The maximum absolute atomic E-state index is 6.10. The van der Waals surface area contributed by atoms with Gasteiger partial charge in [-0.25, -0.2) is 0 Å². The van der Waals surface area contributed by atoms with Crippen molar-refractivity contribution >= 4 is 0 Å². The highest BCUT2D eigenvalue weighted by atomic mass is 16.5. The standard InChI is InChI=1S/C17H29NO2/c1-3-4-5-6-7-8-13-20-14-17(18)15-9-11-16(19-2)12-10-15/h9-12,17H,3-8,13-14,18H2,1-2H3. The first-order valence-electron chi connectivity index (χ1n) is 7.75. The van der Waals surface area contributed by atoms with Gasteiger partial charge in [0, 0.05) is 6.61 Å². The summed E-state index contributed by atoms with van der Waals surface area (Å²) in [7, 11) is 1.67. The Morgan fingerprint density at radius 2 is 1.65 bits per heavy atom. The van der Waals surface area contributed by atoms with Gasteiger partial charge in [0.2, 0.25) is 0 Å². The molecule has 0 aliphatic heterocycles. The van der Waals surface area contributed by atoms with Gasteiger partial charge in [0.15, 0.2) is 0 Å². The maximum Gasteiger partial charge on any atom is 0.118 e. The highest BCUT2D eigenvalue weighted by molar-refractivity contribution is 5.28. The summed E-state index contributed by atoms with van der Waals surface area (Å²) in [4.78, 5) is 0. The molecule has 0 spiro atoms. The lowest BCUT2D eigenvalue weighted by Gasteiger charge is -2.13. The summed E-state index contributed by atoms with van der Waals surface area (Å²) in [5.41, 5.74) is 7.19. The minimum atomic E-state index is -0.0546. The van der Waals surface area contributed by atoms with Crippen LogP contribution in [0.15, 0.2) is 24.3 Å². The van der Waals surface area contributed by atoms with Gasteiger partial charge in [-0.1, -0.05) is 51.2 Å². The third kappa shape index (κ3) is 6.92. The zero-order valence-electron chi connectivity index (χ0n) is 12.9. The number of rotatable bonds is 11. The molecule has 1 atom stereocenters. The molecule has 0 radical (unpaired) electrons. The molecule has 3 heteroatoms. The molecular weight excluding hydrogens is 250 g/mol. The second-order valence-electron chi connectivity index (χ2n) is 5.22. The largest absolute Gasteiger partial charge is 0.497 e. The summed E-state index contributed by atoms with van der Waals surface area (Å²) in [5, 5.41) is 0. The summed E-state index contributed by atoms with van der Waals surface area (Å²) in [6, 6.07) is 7.81. The van der Waals surface area contributed by atoms with Gasteiger partial charge in [0.1, 0.15) is 5.75 Å². The smallest absolute Gasteiger partial charge is 0.118 e. The number of ether oxygens (including phenoxy) is 2. The van der Waals surface area contributed by atoms with Crippen molar-refractivity contribution in [1.29, 1.82) is 0 Å². The molecule has 3 nitrogen and oxygen atoms in total. The Labute approximate surface area is 123 Å². The van der Waals surface area contributed by atoms with Crippen molar-refractivity contribution in [2.45, 2.75) is 51.5 Å². The van der Waals surface area contributed by atoms with Gasteiger partial charge in [0.25, 0.3) is 0 Å². The number of hydrogen-bond donors (Lipinski definition) is 1. The van der Waals surface area contributed by atoms with Crippen LogP contribution in [0.3, 0.4) is 0 Å². The van der Waals surface area contributed by atoms with Gasteiger partial charge in [-0.3, -0.25) is 0 Å². The van der Waals surface area contributed by atoms with Crippen molar-refractivity contribution in [2.75, 3.05) is 20.3 Å². The van der Waals surface area contributed by atoms with Gasteiger partial charge in [-0.15, -0.1) is 0 Å². The molecule has 1 aromatic rings. The molecule has 0 fully saturated rings. The fraction of sp³-hybridized carbons (Fsp3) is 0.647. The monoisotopic (exact) mass is 279 g/mol. The quantitative estimate of drug-likeness (QED) is 0.621. The first-order valence-corrected chi connectivity index (χ1v) is 7.75. The maximum atomic E-state index is 6.10. The van der Waals surface area contributed by atoms with Crippen LogP contribution < -0.4 is 10.5 Å². The van der Waals surface area contributed by atoms with E-state index in [1.807, 2.05) is 24.3 Å². The van der Waals surface area contributed by atoms with E-state index in [0.29, 0.717) is 6.61 Å². The van der Waals surface area contributed by atoms with Crippen LogP contribution in [0.4, 0.5) is 0 Å². The summed E-state index contributed by atoms with van der Waals surface area (Å²) in [6.45, 7) is 3.64. The van der Waals surface area contributed by atoms with Crippen molar-refractivity contribution in [3.63, 3.8) is 0 Å². The second-order valence-corrected chi connectivity index (χ2v) is 5.22. The van der Waals surface area contributed by atoms with Gasteiger partial charge < -0.3 is 15.2 Å². The first kappa shape index (κ1) is 17.0. The van der Waals surface area contributed by atoms with Crippen molar-refractivity contribution < 1.29 is 9.47 Å². The van der Waals surface area contributed by atoms with E-state index in [-0.39, 0.29) is 6.04 Å². The lowest BCUT2D eigenvalue weighted by Crippen LogP contribution is -2.17. The van der Waals surface area contributed by atoms with Crippen molar-refractivity contribution in [3.05, 3.63) is 29.8 Å². The van der Waals surface area contributed by atoms with Crippen LogP contribution in [-0.2, 0) is 4.74 Å². The molecule has 1 unspecified atom stereocenters. The van der Waals surface area contributed by atoms with Crippen molar-refractivity contribution in [1.82, 2.24) is 0 Å². The van der Waals surface area contributed by atoms with Crippen molar-refractivity contribution in [2.24, 2.45) is 5.73 Å². The third-order valence-corrected chi connectivity index (χ3v) is 3.48. The van der Waals surface area contributed by atoms with Crippen LogP contribution in [0, 0.1) is 0 Å². The molecule has 0 amide bonds. The second kappa shape index (κ2) is 10.7. The van der Waals surface area contributed by atoms with Crippen LogP contribution >= 0.6 is 0 Å². The van der Waals surface area contributed by atoms with E-state index in [1.54, 1.807) is 7.11 Å². The fourth-order valence-corrected chi connectivity index (χ4v) is 2.14. The highest BCUT2D eigenvalue weighted by Crippen LogP contribution is 2.16. The Hall–Kier alpha value is -1.06. The molecule has 114 valence electrons. The average molecular weight is 279 g/mol. The molecule has 1 aromatic carbocycles. The van der Waals surface area contributed by atoms with Crippen LogP contribution in [0.2, 0.25) is 0 Å². The van der Waals surface area contributed by atoms with E-state index in [0.717, 1.165) is 24.3 Å². The molecule has 0 saturated heterocycles. The van der Waals surface area contributed by atoms with Crippen molar-refractivity contribution in [3.8, 4) is 5.75 Å². The Morgan fingerprint density at radius 3 is 2.30 bits per heavy atom. The average Bonchev–Trinajstić information content (AvgIpc) is 2.50. The van der Waals surface area contributed by atoms with E-state index >= 15 is 0 Å². The number of methoxy groups -OCH3 is 1. The SMILES string of the molecule is CCCCCCCCOCC(N)c1ccc(OC)cc1. The molecular formula is C17H29NO2. The van der Waals surface area contributed by atoms with E-state index in [9.17, 15) is 0 Å². The summed E-state index contributed by atoms with van der Waals surface area (Å²) < 4.78 is 10.8. The lowest BCUT2D eigenvalue weighted by atomic mass is 10.1. The zero-order chi connectivity index (χ0) is 14.6. The Balaban J connectivity index is 2.08. The molecule has 0 aliphatic carbocycles. The number of benzene rings is 1. The number of hydrogen-bond acceptors (Lipinski definition) is 3. The molecule has 0 bridgehead atoms. The normalized spacial score (nSPS) is 12.3. The van der Waals surface area contributed by atoms with Gasteiger partial charge in [-0.05, 0) is 24.1 Å². The molecule has 1 rings (SSSR count). The Morgan fingerprint density at radius 1 is 1.00 bits per heavy atom. The predicted molar refractivity (Wildman–Crippen MR) is 84.1 cm³/mol. The third-order valence-electron chi connectivity index (χ3n) is 3.48. The summed E-state index contributed by atoms with van der Waals surface area (Å²) in [6.07, 6.45) is 7.72. The fourth-order valence-electron chi connectivity index (χ4n) is 2.14. The minimum Gasteiger partial charge on any atom is -0.497 e. The topological polar surface area (TPSA) is 44.5 Å².